The number of thioether (sulfide) groups is 2. The minimum Gasteiger partial charge on any atom is -0.307 e. The fourth-order valence-electron chi connectivity index (χ4n) is 1.39. The summed E-state index contributed by atoms with van der Waals surface area (Å²) in [5.41, 5.74) is -0.474. The van der Waals surface area contributed by atoms with E-state index in [1.54, 1.807) is 11.8 Å². The summed E-state index contributed by atoms with van der Waals surface area (Å²) in [7, 11) is 0. The lowest BCUT2D eigenvalue weighted by atomic mass is 10.3. The van der Waals surface area contributed by atoms with Crippen LogP contribution >= 0.6 is 23.5 Å². The fraction of sp³-hybridized carbons (Fsp3) is 0.556. The van der Waals surface area contributed by atoms with Crippen molar-refractivity contribution in [1.82, 2.24) is 9.97 Å². The molecule has 0 bridgehead atoms. The molecule has 2 rings (SSSR count). The largest absolute Gasteiger partial charge is 0.307 e. The lowest BCUT2D eigenvalue weighted by Crippen LogP contribution is -2.20. The Labute approximate surface area is 95.3 Å². The monoisotopic (exact) mass is 246 g/mol. The van der Waals surface area contributed by atoms with Gasteiger partial charge in [0.05, 0.1) is 10.9 Å². The maximum atomic E-state index is 13.1. The Balaban J connectivity index is 2.32. The zero-order valence-corrected chi connectivity index (χ0v) is 9.88. The quantitative estimate of drug-likeness (QED) is 0.820. The number of rotatable bonds is 1. The van der Waals surface area contributed by atoms with Crippen LogP contribution in [0, 0.1) is 12.7 Å². The van der Waals surface area contributed by atoms with E-state index in [-0.39, 0.29) is 10.9 Å². The molecule has 1 unspecified atom stereocenters. The molecule has 3 nitrogen and oxygen atoms in total. The van der Waals surface area contributed by atoms with Crippen LogP contribution in [0.4, 0.5) is 4.39 Å². The summed E-state index contributed by atoms with van der Waals surface area (Å²) in [4.78, 5) is 17.8. The van der Waals surface area contributed by atoms with Crippen molar-refractivity contribution in [1.29, 1.82) is 0 Å². The zero-order chi connectivity index (χ0) is 10.8. The molecule has 1 saturated heterocycles. The standard InChI is InChI=1S/C9H11FN2OS2/c1-5-7(10)9(13)12-8(11-5)6-4-14-2-3-15-6/h6H,2-4H2,1H3,(H,11,12,13). The van der Waals surface area contributed by atoms with Crippen LogP contribution in [0.25, 0.3) is 0 Å². The number of aromatic amines is 1. The summed E-state index contributed by atoms with van der Waals surface area (Å²) in [6, 6.07) is 0. The second kappa shape index (κ2) is 4.57. The topological polar surface area (TPSA) is 45.8 Å². The molecular weight excluding hydrogens is 235 g/mol. The number of hydrogen-bond acceptors (Lipinski definition) is 4. The van der Waals surface area contributed by atoms with Crippen molar-refractivity contribution in [3.05, 3.63) is 27.7 Å². The second-order valence-electron chi connectivity index (χ2n) is 3.28. The highest BCUT2D eigenvalue weighted by Crippen LogP contribution is 2.34. The third kappa shape index (κ3) is 2.36. The van der Waals surface area contributed by atoms with E-state index in [1.807, 2.05) is 11.8 Å². The molecule has 0 spiro atoms. The first-order chi connectivity index (χ1) is 7.18. The predicted molar refractivity (Wildman–Crippen MR) is 62.1 cm³/mol. The van der Waals surface area contributed by atoms with E-state index in [1.165, 1.54) is 6.92 Å². The van der Waals surface area contributed by atoms with Crippen molar-refractivity contribution in [2.75, 3.05) is 17.3 Å². The highest BCUT2D eigenvalue weighted by Gasteiger charge is 2.20. The number of aromatic nitrogens is 2. The summed E-state index contributed by atoms with van der Waals surface area (Å²) in [6.07, 6.45) is 0. The van der Waals surface area contributed by atoms with Gasteiger partial charge in [0.15, 0.2) is 0 Å². The van der Waals surface area contributed by atoms with Crippen LogP contribution in [0.2, 0.25) is 0 Å². The Morgan fingerprint density at radius 2 is 2.33 bits per heavy atom. The van der Waals surface area contributed by atoms with Crippen LogP contribution in [-0.4, -0.2) is 27.2 Å². The molecule has 82 valence electrons. The van der Waals surface area contributed by atoms with Gasteiger partial charge in [0, 0.05) is 17.3 Å². The van der Waals surface area contributed by atoms with Gasteiger partial charge in [0.25, 0.3) is 5.56 Å². The molecule has 0 aromatic carbocycles. The summed E-state index contributed by atoms with van der Waals surface area (Å²) in [5, 5.41) is 0.191. The van der Waals surface area contributed by atoms with Crippen molar-refractivity contribution < 1.29 is 4.39 Å². The molecule has 1 N–H and O–H groups in total. The molecule has 0 saturated carbocycles. The number of H-pyrrole nitrogens is 1. The molecule has 0 aliphatic carbocycles. The first-order valence-electron chi connectivity index (χ1n) is 4.64. The predicted octanol–water partition coefficient (Wildman–Crippen LogP) is 1.74. The second-order valence-corrected chi connectivity index (χ2v) is 5.75. The first kappa shape index (κ1) is 11.0. The van der Waals surface area contributed by atoms with Gasteiger partial charge >= 0.3 is 0 Å². The van der Waals surface area contributed by atoms with Crippen LogP contribution in [0.3, 0.4) is 0 Å². The molecule has 1 aliphatic heterocycles. The average molecular weight is 246 g/mol. The molecule has 6 heteroatoms. The van der Waals surface area contributed by atoms with E-state index in [0.717, 1.165) is 17.3 Å². The Hall–Kier alpha value is -0.490. The molecule has 1 atom stereocenters. The van der Waals surface area contributed by atoms with Crippen molar-refractivity contribution >= 4 is 23.5 Å². The maximum Gasteiger partial charge on any atom is 0.287 e. The van der Waals surface area contributed by atoms with Gasteiger partial charge in [-0.2, -0.15) is 16.2 Å². The van der Waals surface area contributed by atoms with E-state index in [9.17, 15) is 9.18 Å². The zero-order valence-electron chi connectivity index (χ0n) is 8.25. The van der Waals surface area contributed by atoms with Gasteiger partial charge in [0.1, 0.15) is 5.82 Å². The number of aryl methyl sites for hydroxylation is 1. The van der Waals surface area contributed by atoms with Crippen molar-refractivity contribution in [3.8, 4) is 0 Å². The van der Waals surface area contributed by atoms with Gasteiger partial charge in [-0.3, -0.25) is 4.79 Å². The van der Waals surface area contributed by atoms with E-state index in [2.05, 4.69) is 9.97 Å². The van der Waals surface area contributed by atoms with Crippen LogP contribution in [0.5, 0.6) is 0 Å². The normalized spacial score (nSPS) is 21.6. The summed E-state index contributed by atoms with van der Waals surface area (Å²) in [5.74, 6) is 2.95. The Kier molecular flexibility index (Phi) is 3.35. The first-order valence-corrected chi connectivity index (χ1v) is 6.84. The van der Waals surface area contributed by atoms with Crippen molar-refractivity contribution in [3.63, 3.8) is 0 Å². The van der Waals surface area contributed by atoms with E-state index >= 15 is 0 Å². The molecular formula is C9H11FN2OS2. The molecule has 15 heavy (non-hydrogen) atoms. The number of nitrogens with zero attached hydrogens (tertiary/aromatic N) is 1. The third-order valence-electron chi connectivity index (χ3n) is 2.17. The SMILES string of the molecule is Cc1nc(C2CSCCS2)[nH]c(=O)c1F. The Bertz CT molecular complexity index is 415. The minimum absolute atomic E-state index is 0.185. The minimum atomic E-state index is -0.771. The van der Waals surface area contributed by atoms with E-state index in [0.29, 0.717) is 5.82 Å². The molecule has 1 aromatic heterocycles. The lowest BCUT2D eigenvalue weighted by molar-refractivity contribution is 0.582. The van der Waals surface area contributed by atoms with Gasteiger partial charge in [-0.1, -0.05) is 0 Å². The Morgan fingerprint density at radius 1 is 1.53 bits per heavy atom. The van der Waals surface area contributed by atoms with Gasteiger partial charge < -0.3 is 4.98 Å². The molecule has 2 heterocycles. The van der Waals surface area contributed by atoms with Gasteiger partial charge in [-0.15, -0.1) is 11.8 Å². The van der Waals surface area contributed by atoms with Gasteiger partial charge in [-0.25, -0.2) is 4.98 Å². The lowest BCUT2D eigenvalue weighted by Gasteiger charge is -2.20. The molecule has 1 aliphatic rings. The van der Waals surface area contributed by atoms with Crippen LogP contribution in [0.15, 0.2) is 4.79 Å². The summed E-state index contributed by atoms with van der Waals surface area (Å²) < 4.78 is 13.1. The molecule has 0 radical (unpaired) electrons. The maximum absolute atomic E-state index is 13.1. The molecule has 0 amide bonds. The van der Waals surface area contributed by atoms with E-state index in [4.69, 9.17) is 0 Å². The summed E-state index contributed by atoms with van der Waals surface area (Å²) >= 11 is 3.60. The van der Waals surface area contributed by atoms with Crippen LogP contribution < -0.4 is 5.56 Å². The number of hydrogen-bond donors (Lipinski definition) is 1. The number of halogens is 1. The van der Waals surface area contributed by atoms with Gasteiger partial charge in [0.2, 0.25) is 5.82 Å². The highest BCUT2D eigenvalue weighted by molar-refractivity contribution is 8.06. The van der Waals surface area contributed by atoms with Gasteiger partial charge in [-0.05, 0) is 6.92 Å². The average Bonchev–Trinajstić information content (AvgIpc) is 2.26. The van der Waals surface area contributed by atoms with Crippen molar-refractivity contribution in [2.24, 2.45) is 0 Å². The van der Waals surface area contributed by atoms with E-state index < -0.39 is 11.4 Å². The van der Waals surface area contributed by atoms with Crippen LogP contribution in [0.1, 0.15) is 16.8 Å². The number of nitrogens with one attached hydrogen (secondary N) is 1. The molecule has 1 fully saturated rings. The van der Waals surface area contributed by atoms with Crippen LogP contribution in [-0.2, 0) is 0 Å². The Morgan fingerprint density at radius 3 is 2.93 bits per heavy atom. The summed E-state index contributed by atoms with van der Waals surface area (Å²) in [6.45, 7) is 1.52. The molecule has 1 aromatic rings. The smallest absolute Gasteiger partial charge is 0.287 e. The van der Waals surface area contributed by atoms with Crippen molar-refractivity contribution in [2.45, 2.75) is 12.2 Å². The highest BCUT2D eigenvalue weighted by atomic mass is 32.2. The fourth-order valence-corrected chi connectivity index (χ4v) is 4.01. The third-order valence-corrected chi connectivity index (χ3v) is 4.93.